The molecule has 130 valence electrons. The van der Waals surface area contributed by atoms with E-state index < -0.39 is 27.0 Å². The molecule has 0 heterocycles. The first-order valence-corrected chi connectivity index (χ1v) is 8.95. The molecule has 1 saturated carbocycles. The van der Waals surface area contributed by atoms with Crippen molar-refractivity contribution in [2.45, 2.75) is 43.4 Å². The Morgan fingerprint density at radius 2 is 1.78 bits per heavy atom. The van der Waals surface area contributed by atoms with Crippen LogP contribution in [0.3, 0.4) is 0 Å². The summed E-state index contributed by atoms with van der Waals surface area (Å²) in [6, 6.07) is 4.83. The van der Waals surface area contributed by atoms with Crippen LogP contribution < -0.4 is 4.74 Å². The van der Waals surface area contributed by atoms with E-state index in [1.54, 1.807) is 0 Å². The van der Waals surface area contributed by atoms with Crippen LogP contribution in [0, 0.1) is 5.92 Å². The molecular weight excluding hydrogens is 331 g/mol. The maximum atomic E-state index is 12.6. The number of halogens is 3. The Labute approximate surface area is 134 Å². The van der Waals surface area contributed by atoms with Crippen LogP contribution in [0.4, 0.5) is 13.2 Å². The van der Waals surface area contributed by atoms with Gasteiger partial charge in [-0.25, -0.2) is 12.7 Å². The molecule has 23 heavy (non-hydrogen) atoms. The zero-order valence-corrected chi connectivity index (χ0v) is 13.7. The molecule has 1 aliphatic carbocycles. The van der Waals surface area contributed by atoms with Gasteiger partial charge in [0.25, 0.3) is 0 Å². The molecule has 0 N–H and O–H groups in total. The molecule has 0 spiro atoms. The number of hydrogen-bond acceptors (Lipinski definition) is 3. The van der Waals surface area contributed by atoms with Crippen molar-refractivity contribution in [1.29, 1.82) is 0 Å². The summed E-state index contributed by atoms with van der Waals surface area (Å²) in [4.78, 5) is -0.462. The average molecular weight is 351 g/mol. The highest BCUT2D eigenvalue weighted by Crippen LogP contribution is 2.32. The maximum Gasteiger partial charge on any atom is 0.573 e. The van der Waals surface area contributed by atoms with Crippen molar-refractivity contribution in [2.75, 3.05) is 13.6 Å². The molecule has 0 aromatic heterocycles. The van der Waals surface area contributed by atoms with Crippen LogP contribution >= 0.6 is 0 Å². The molecule has 0 amide bonds. The number of ether oxygens (including phenoxy) is 1. The minimum atomic E-state index is -4.94. The second kappa shape index (κ2) is 7.09. The molecule has 0 saturated heterocycles. The molecular formula is C15H20F3NO3S. The fourth-order valence-corrected chi connectivity index (χ4v) is 4.23. The van der Waals surface area contributed by atoms with Gasteiger partial charge in [-0.15, -0.1) is 13.2 Å². The zero-order valence-electron chi connectivity index (χ0n) is 12.8. The Bertz CT molecular complexity index is 625. The molecule has 0 radical (unpaired) electrons. The third-order valence-electron chi connectivity index (χ3n) is 4.00. The summed E-state index contributed by atoms with van der Waals surface area (Å²) < 4.78 is 67.5. The van der Waals surface area contributed by atoms with Gasteiger partial charge in [0, 0.05) is 13.6 Å². The molecule has 2 rings (SSSR count). The number of hydrogen-bond donors (Lipinski definition) is 0. The zero-order chi connectivity index (χ0) is 17.1. The second-order valence-corrected chi connectivity index (χ2v) is 7.80. The topological polar surface area (TPSA) is 46.6 Å². The smallest absolute Gasteiger partial charge is 0.404 e. The van der Waals surface area contributed by atoms with Crippen LogP contribution in [-0.2, 0) is 10.0 Å². The van der Waals surface area contributed by atoms with Gasteiger partial charge in [-0.2, -0.15) is 0 Å². The fourth-order valence-electron chi connectivity index (χ4n) is 2.87. The van der Waals surface area contributed by atoms with E-state index in [4.69, 9.17) is 0 Å². The van der Waals surface area contributed by atoms with E-state index in [1.165, 1.54) is 19.2 Å². The lowest BCUT2D eigenvalue weighted by molar-refractivity contribution is -0.275. The molecule has 1 aromatic rings. The van der Waals surface area contributed by atoms with Crippen molar-refractivity contribution in [3.63, 3.8) is 0 Å². The van der Waals surface area contributed by atoms with E-state index in [-0.39, 0.29) is 5.92 Å². The van der Waals surface area contributed by atoms with Gasteiger partial charge in [-0.1, -0.05) is 31.4 Å². The quantitative estimate of drug-likeness (QED) is 0.811. The van der Waals surface area contributed by atoms with E-state index in [0.29, 0.717) is 6.54 Å². The molecule has 0 unspecified atom stereocenters. The van der Waals surface area contributed by atoms with Crippen molar-refractivity contribution in [1.82, 2.24) is 4.31 Å². The van der Waals surface area contributed by atoms with Crippen LogP contribution in [-0.4, -0.2) is 32.7 Å². The van der Waals surface area contributed by atoms with Gasteiger partial charge in [0.2, 0.25) is 10.0 Å². The van der Waals surface area contributed by atoms with Crippen molar-refractivity contribution in [3.8, 4) is 5.75 Å². The SMILES string of the molecule is CN(CC1CCCCC1)S(=O)(=O)c1ccccc1OC(F)(F)F. The third-order valence-corrected chi connectivity index (χ3v) is 5.87. The first kappa shape index (κ1) is 18.1. The lowest BCUT2D eigenvalue weighted by Crippen LogP contribution is -2.33. The summed E-state index contributed by atoms with van der Waals surface area (Å²) >= 11 is 0. The van der Waals surface area contributed by atoms with Crippen LogP contribution in [0.2, 0.25) is 0 Å². The highest BCUT2D eigenvalue weighted by Gasteiger charge is 2.35. The molecule has 1 aromatic carbocycles. The second-order valence-electron chi connectivity index (χ2n) is 5.78. The standard InChI is InChI=1S/C15H20F3NO3S/c1-19(11-12-7-3-2-4-8-12)23(20,21)14-10-6-5-9-13(14)22-15(16,17)18/h5-6,9-10,12H,2-4,7-8,11H2,1H3. The first-order chi connectivity index (χ1) is 10.7. The molecule has 4 nitrogen and oxygen atoms in total. The number of rotatable bonds is 5. The summed E-state index contributed by atoms with van der Waals surface area (Å²) in [6.07, 6.45) is 0.225. The van der Waals surface area contributed by atoms with Gasteiger partial charge >= 0.3 is 6.36 Å². The van der Waals surface area contributed by atoms with Crippen LogP contribution in [0.5, 0.6) is 5.75 Å². The van der Waals surface area contributed by atoms with Crippen molar-refractivity contribution in [3.05, 3.63) is 24.3 Å². The predicted molar refractivity (Wildman–Crippen MR) is 79.5 cm³/mol. The number of benzene rings is 1. The minimum Gasteiger partial charge on any atom is -0.404 e. The van der Waals surface area contributed by atoms with E-state index in [9.17, 15) is 21.6 Å². The number of para-hydroxylation sites is 1. The molecule has 1 fully saturated rings. The van der Waals surface area contributed by atoms with Crippen molar-refractivity contribution >= 4 is 10.0 Å². The third kappa shape index (κ3) is 4.84. The minimum absolute atomic E-state index is 0.249. The average Bonchev–Trinajstić information content (AvgIpc) is 2.47. The van der Waals surface area contributed by atoms with Gasteiger partial charge in [0.1, 0.15) is 10.6 Å². The van der Waals surface area contributed by atoms with E-state index in [0.717, 1.165) is 48.5 Å². The summed E-state index contributed by atoms with van der Waals surface area (Å²) in [6.45, 7) is 0.308. The summed E-state index contributed by atoms with van der Waals surface area (Å²) in [5.41, 5.74) is 0. The molecule has 0 bridgehead atoms. The lowest BCUT2D eigenvalue weighted by Gasteiger charge is -2.27. The van der Waals surface area contributed by atoms with Gasteiger partial charge in [-0.3, -0.25) is 0 Å². The Kier molecular flexibility index (Phi) is 5.57. The molecule has 0 atom stereocenters. The van der Waals surface area contributed by atoms with Crippen LogP contribution in [0.15, 0.2) is 29.2 Å². The van der Waals surface area contributed by atoms with Gasteiger partial charge in [-0.05, 0) is 30.9 Å². The van der Waals surface area contributed by atoms with Gasteiger partial charge in [0.05, 0.1) is 0 Å². The van der Waals surface area contributed by atoms with Crippen LogP contribution in [0.25, 0.3) is 0 Å². The Hall–Kier alpha value is -1.28. The molecule has 1 aliphatic rings. The maximum absolute atomic E-state index is 12.6. The predicted octanol–water partition coefficient (Wildman–Crippen LogP) is 3.79. The van der Waals surface area contributed by atoms with E-state index in [2.05, 4.69) is 4.74 Å². The molecule has 0 aliphatic heterocycles. The van der Waals surface area contributed by atoms with E-state index in [1.807, 2.05) is 0 Å². The van der Waals surface area contributed by atoms with E-state index >= 15 is 0 Å². The highest BCUT2D eigenvalue weighted by molar-refractivity contribution is 7.89. The highest BCUT2D eigenvalue weighted by atomic mass is 32.2. The number of nitrogens with zero attached hydrogens (tertiary/aromatic N) is 1. The largest absolute Gasteiger partial charge is 0.573 e. The van der Waals surface area contributed by atoms with Gasteiger partial charge < -0.3 is 4.74 Å². The summed E-state index contributed by atoms with van der Waals surface area (Å²) in [5, 5.41) is 0. The van der Waals surface area contributed by atoms with Gasteiger partial charge in [0.15, 0.2) is 0 Å². The normalized spacial score (nSPS) is 17.4. The Morgan fingerprint density at radius 3 is 2.39 bits per heavy atom. The first-order valence-electron chi connectivity index (χ1n) is 7.51. The lowest BCUT2D eigenvalue weighted by atomic mass is 9.89. The fraction of sp³-hybridized carbons (Fsp3) is 0.600. The van der Waals surface area contributed by atoms with Crippen molar-refractivity contribution < 1.29 is 26.3 Å². The Morgan fingerprint density at radius 1 is 1.17 bits per heavy atom. The monoisotopic (exact) mass is 351 g/mol. The summed E-state index contributed by atoms with van der Waals surface area (Å²) in [7, 11) is -2.64. The number of alkyl halides is 3. The number of sulfonamides is 1. The summed E-state index contributed by atoms with van der Waals surface area (Å²) in [5.74, 6) is -0.449. The van der Waals surface area contributed by atoms with Crippen molar-refractivity contribution in [2.24, 2.45) is 5.92 Å². The van der Waals surface area contributed by atoms with Crippen LogP contribution in [0.1, 0.15) is 32.1 Å². The molecule has 8 heteroatoms. The Balaban J connectivity index is 2.21.